The van der Waals surface area contributed by atoms with Gasteiger partial charge in [0.1, 0.15) is 10.2 Å². The molecule has 0 saturated heterocycles. The van der Waals surface area contributed by atoms with E-state index < -0.39 is 5.60 Å². The number of methoxy groups -OCH3 is 1. The van der Waals surface area contributed by atoms with Gasteiger partial charge in [-0.15, -0.1) is 0 Å². The molecule has 0 aliphatic rings. The predicted octanol–water partition coefficient (Wildman–Crippen LogP) is 3.51. The molecule has 0 saturated carbocycles. The van der Waals surface area contributed by atoms with Gasteiger partial charge < -0.3 is 15.2 Å². The topological polar surface area (TPSA) is 71.5 Å². The van der Waals surface area contributed by atoms with Crippen LogP contribution in [0.1, 0.15) is 46.0 Å². The highest BCUT2D eigenvalue weighted by atomic mass is 79.9. The quantitative estimate of drug-likeness (QED) is 0.697. The maximum Gasteiger partial charge on any atom is 0.256 e. The van der Waals surface area contributed by atoms with Crippen molar-refractivity contribution in [1.29, 1.82) is 0 Å². The normalized spacial score (nSPS) is 13.6. The molecule has 0 unspecified atom stereocenters. The van der Waals surface area contributed by atoms with Crippen molar-refractivity contribution in [1.82, 2.24) is 4.98 Å². The number of carbonyl (C=O) groups excluding carboxylic acids is 1. The van der Waals surface area contributed by atoms with Crippen LogP contribution in [0.15, 0.2) is 16.7 Å². The Bertz CT molecular complexity index is 482. The summed E-state index contributed by atoms with van der Waals surface area (Å²) in [4.78, 5) is 16.5. The van der Waals surface area contributed by atoms with Crippen LogP contribution in [-0.4, -0.2) is 28.7 Å². The standard InChI is InChI=1S/C15H23BrN2O3/c1-4-6-8-15(20,7-5-2)14(19)17-11-9-12(16)18-13(10-11)21-3/h9-10,20H,4-8H2,1-3H3,(H,17,18,19)/t15-/m1/s1. The summed E-state index contributed by atoms with van der Waals surface area (Å²) in [6, 6.07) is 3.29. The smallest absolute Gasteiger partial charge is 0.256 e. The number of anilines is 1. The van der Waals surface area contributed by atoms with Gasteiger partial charge in [-0.1, -0.05) is 33.1 Å². The number of hydrogen-bond donors (Lipinski definition) is 2. The van der Waals surface area contributed by atoms with E-state index in [1.807, 2.05) is 13.8 Å². The van der Waals surface area contributed by atoms with Crippen molar-refractivity contribution < 1.29 is 14.6 Å². The number of pyridine rings is 1. The van der Waals surface area contributed by atoms with Crippen LogP contribution in [0.2, 0.25) is 0 Å². The van der Waals surface area contributed by atoms with Crippen LogP contribution in [0.4, 0.5) is 5.69 Å². The van der Waals surface area contributed by atoms with Crippen molar-refractivity contribution in [2.75, 3.05) is 12.4 Å². The Morgan fingerprint density at radius 2 is 2.10 bits per heavy atom. The van der Waals surface area contributed by atoms with Gasteiger partial charge in [0.05, 0.1) is 7.11 Å². The van der Waals surface area contributed by atoms with E-state index in [1.165, 1.54) is 7.11 Å². The zero-order valence-corrected chi connectivity index (χ0v) is 14.4. The SMILES string of the molecule is CCCC[C@](O)(CCC)C(=O)Nc1cc(Br)nc(OC)c1. The van der Waals surface area contributed by atoms with E-state index >= 15 is 0 Å². The highest BCUT2D eigenvalue weighted by Gasteiger charge is 2.34. The first-order chi connectivity index (χ1) is 9.95. The largest absolute Gasteiger partial charge is 0.481 e. The lowest BCUT2D eigenvalue weighted by atomic mass is 9.90. The Morgan fingerprint density at radius 3 is 2.67 bits per heavy atom. The summed E-state index contributed by atoms with van der Waals surface area (Å²) in [5, 5.41) is 13.4. The van der Waals surface area contributed by atoms with Crippen molar-refractivity contribution >= 4 is 27.5 Å². The van der Waals surface area contributed by atoms with E-state index in [-0.39, 0.29) is 5.91 Å². The van der Waals surface area contributed by atoms with E-state index in [1.54, 1.807) is 12.1 Å². The fourth-order valence-electron chi connectivity index (χ4n) is 2.13. The number of rotatable bonds is 8. The maximum absolute atomic E-state index is 12.4. The molecule has 0 radical (unpaired) electrons. The minimum Gasteiger partial charge on any atom is -0.481 e. The molecule has 5 nitrogen and oxygen atoms in total. The average molecular weight is 359 g/mol. The van der Waals surface area contributed by atoms with Gasteiger partial charge in [0.15, 0.2) is 0 Å². The Kier molecular flexibility index (Phi) is 7.11. The molecule has 0 fully saturated rings. The minimum absolute atomic E-state index is 0.377. The van der Waals surface area contributed by atoms with E-state index in [4.69, 9.17) is 4.74 Å². The molecule has 118 valence electrons. The van der Waals surface area contributed by atoms with Crippen molar-refractivity contribution in [2.24, 2.45) is 0 Å². The van der Waals surface area contributed by atoms with Gasteiger partial charge in [-0.25, -0.2) is 4.98 Å². The number of nitrogens with one attached hydrogen (secondary N) is 1. The number of carbonyl (C=O) groups is 1. The molecular formula is C15H23BrN2O3. The van der Waals surface area contributed by atoms with E-state index in [0.29, 0.717) is 29.0 Å². The van der Waals surface area contributed by atoms with Crippen molar-refractivity contribution in [3.63, 3.8) is 0 Å². The molecule has 1 aromatic heterocycles. The number of unbranched alkanes of at least 4 members (excludes halogenated alkanes) is 1. The van der Waals surface area contributed by atoms with Crippen molar-refractivity contribution in [3.05, 3.63) is 16.7 Å². The molecule has 0 aliphatic heterocycles. The van der Waals surface area contributed by atoms with Gasteiger partial charge in [-0.05, 0) is 34.8 Å². The monoisotopic (exact) mass is 358 g/mol. The molecule has 1 rings (SSSR count). The first-order valence-corrected chi connectivity index (χ1v) is 8.00. The third kappa shape index (κ3) is 5.28. The molecule has 1 atom stereocenters. The molecule has 0 bridgehead atoms. The second-order valence-corrected chi connectivity index (χ2v) is 5.87. The van der Waals surface area contributed by atoms with Gasteiger partial charge in [0.25, 0.3) is 5.91 Å². The average Bonchev–Trinajstić information content (AvgIpc) is 2.44. The first kappa shape index (κ1) is 17.9. The fraction of sp³-hybridized carbons (Fsp3) is 0.600. The summed E-state index contributed by atoms with van der Waals surface area (Å²) in [7, 11) is 1.51. The number of nitrogens with zero attached hydrogens (tertiary/aromatic N) is 1. The number of aliphatic hydroxyl groups is 1. The molecule has 0 aromatic carbocycles. The zero-order chi connectivity index (χ0) is 15.9. The minimum atomic E-state index is -1.33. The Balaban J connectivity index is 2.88. The summed E-state index contributed by atoms with van der Waals surface area (Å²) in [5.74, 6) is 0.0187. The van der Waals surface area contributed by atoms with Crippen LogP contribution < -0.4 is 10.1 Å². The number of hydrogen-bond acceptors (Lipinski definition) is 4. The summed E-state index contributed by atoms with van der Waals surface area (Å²) in [6.07, 6.45) is 3.41. The van der Waals surface area contributed by atoms with Gasteiger partial charge >= 0.3 is 0 Å². The summed E-state index contributed by atoms with van der Waals surface area (Å²) < 4.78 is 5.62. The lowest BCUT2D eigenvalue weighted by molar-refractivity contribution is -0.135. The summed E-state index contributed by atoms with van der Waals surface area (Å²) >= 11 is 3.26. The van der Waals surface area contributed by atoms with Crippen LogP contribution in [0.3, 0.4) is 0 Å². The third-order valence-corrected chi connectivity index (χ3v) is 3.67. The summed E-state index contributed by atoms with van der Waals surface area (Å²) in [6.45, 7) is 3.99. The number of aromatic nitrogens is 1. The molecule has 1 amide bonds. The van der Waals surface area contributed by atoms with Crippen LogP contribution >= 0.6 is 15.9 Å². The van der Waals surface area contributed by atoms with Crippen LogP contribution in [0, 0.1) is 0 Å². The molecule has 21 heavy (non-hydrogen) atoms. The van der Waals surface area contributed by atoms with Gasteiger partial charge in [0.2, 0.25) is 5.88 Å². The maximum atomic E-state index is 12.4. The molecule has 0 spiro atoms. The lowest BCUT2D eigenvalue weighted by Crippen LogP contribution is -2.42. The fourth-order valence-corrected chi connectivity index (χ4v) is 2.55. The second-order valence-electron chi connectivity index (χ2n) is 5.06. The van der Waals surface area contributed by atoms with E-state index in [0.717, 1.165) is 19.3 Å². The van der Waals surface area contributed by atoms with Gasteiger partial charge in [0, 0.05) is 11.8 Å². The molecular weight excluding hydrogens is 336 g/mol. The number of halogens is 1. The second kappa shape index (κ2) is 8.34. The van der Waals surface area contributed by atoms with Crippen LogP contribution in [0.25, 0.3) is 0 Å². The molecule has 0 aliphatic carbocycles. The zero-order valence-electron chi connectivity index (χ0n) is 12.8. The third-order valence-electron chi connectivity index (χ3n) is 3.27. The highest BCUT2D eigenvalue weighted by molar-refractivity contribution is 9.10. The lowest BCUT2D eigenvalue weighted by Gasteiger charge is -2.26. The van der Waals surface area contributed by atoms with Crippen molar-refractivity contribution in [3.8, 4) is 5.88 Å². The van der Waals surface area contributed by atoms with Crippen molar-refractivity contribution in [2.45, 2.75) is 51.6 Å². The molecule has 6 heteroatoms. The Labute approximate surface area is 134 Å². The van der Waals surface area contributed by atoms with Gasteiger partial charge in [-0.2, -0.15) is 0 Å². The first-order valence-electron chi connectivity index (χ1n) is 7.20. The van der Waals surface area contributed by atoms with E-state index in [2.05, 4.69) is 26.2 Å². The molecule has 1 aromatic rings. The highest BCUT2D eigenvalue weighted by Crippen LogP contribution is 2.25. The number of amides is 1. The Hall–Kier alpha value is -1.14. The molecule has 1 heterocycles. The number of ether oxygens (including phenoxy) is 1. The molecule has 2 N–H and O–H groups in total. The summed E-state index contributed by atoms with van der Waals surface area (Å²) in [5.41, 5.74) is -0.780. The Morgan fingerprint density at radius 1 is 1.38 bits per heavy atom. The van der Waals surface area contributed by atoms with E-state index in [9.17, 15) is 9.90 Å². The van der Waals surface area contributed by atoms with Gasteiger partial charge in [-0.3, -0.25) is 4.79 Å². The van der Waals surface area contributed by atoms with Crippen LogP contribution in [-0.2, 0) is 4.79 Å². The predicted molar refractivity (Wildman–Crippen MR) is 86.5 cm³/mol. The van der Waals surface area contributed by atoms with Crippen LogP contribution in [0.5, 0.6) is 5.88 Å².